The second kappa shape index (κ2) is 4.32. The van der Waals surface area contributed by atoms with E-state index in [2.05, 4.69) is 43.2 Å². The molecule has 0 bridgehead atoms. The molecular weight excluding hydrogens is 260 g/mol. The number of hydrogen-bond acceptors (Lipinski definition) is 4. The van der Waals surface area contributed by atoms with Crippen LogP contribution >= 0.6 is 15.9 Å². The van der Waals surface area contributed by atoms with Gasteiger partial charge in [0, 0.05) is 12.6 Å². The molecular formula is C9H13BrN4O. The standard InChI is InChI=1S/C9H13BrN4O/c1-14-3-2-6(4-14)13-8-7(10)9(15)12-5-11-8/h5-6H,2-4H2,1H3,(H2,11,12,13,15). The number of hydrogen-bond donors (Lipinski definition) is 2. The molecule has 0 aliphatic carbocycles. The van der Waals surface area contributed by atoms with Crippen LogP contribution in [0.15, 0.2) is 15.6 Å². The third kappa shape index (κ3) is 2.38. The molecule has 1 fully saturated rings. The number of halogens is 1. The van der Waals surface area contributed by atoms with Crippen molar-refractivity contribution in [3.8, 4) is 0 Å². The van der Waals surface area contributed by atoms with Gasteiger partial charge in [0.25, 0.3) is 5.56 Å². The molecule has 0 saturated carbocycles. The van der Waals surface area contributed by atoms with Gasteiger partial charge in [-0.1, -0.05) is 0 Å². The van der Waals surface area contributed by atoms with Crippen LogP contribution in [0.5, 0.6) is 0 Å². The Kier molecular flexibility index (Phi) is 3.06. The second-order valence-electron chi connectivity index (χ2n) is 3.79. The Hall–Kier alpha value is -0.880. The summed E-state index contributed by atoms with van der Waals surface area (Å²) < 4.78 is 0.472. The highest BCUT2D eigenvalue weighted by Gasteiger charge is 2.20. The zero-order valence-electron chi connectivity index (χ0n) is 8.46. The number of likely N-dealkylation sites (tertiary alicyclic amines) is 1. The first-order valence-corrected chi connectivity index (χ1v) is 5.64. The van der Waals surface area contributed by atoms with E-state index in [0.29, 0.717) is 16.3 Å². The summed E-state index contributed by atoms with van der Waals surface area (Å²) in [6.45, 7) is 2.07. The molecule has 0 radical (unpaired) electrons. The van der Waals surface area contributed by atoms with Gasteiger partial charge in [-0.2, -0.15) is 0 Å². The molecule has 1 aromatic heterocycles. The smallest absolute Gasteiger partial charge is 0.267 e. The van der Waals surface area contributed by atoms with Crippen molar-refractivity contribution >= 4 is 21.7 Å². The maximum Gasteiger partial charge on any atom is 0.267 e. The summed E-state index contributed by atoms with van der Waals surface area (Å²) in [5.41, 5.74) is -0.154. The molecule has 5 nitrogen and oxygen atoms in total. The van der Waals surface area contributed by atoms with Crippen molar-refractivity contribution in [1.82, 2.24) is 14.9 Å². The van der Waals surface area contributed by atoms with Crippen LogP contribution in [-0.4, -0.2) is 41.0 Å². The van der Waals surface area contributed by atoms with Gasteiger partial charge in [-0.3, -0.25) is 4.79 Å². The van der Waals surface area contributed by atoms with Crippen LogP contribution in [0, 0.1) is 0 Å². The number of nitrogens with zero attached hydrogens (tertiary/aromatic N) is 2. The molecule has 1 aromatic rings. The average molecular weight is 273 g/mol. The summed E-state index contributed by atoms with van der Waals surface area (Å²) in [6, 6.07) is 0.376. The highest BCUT2D eigenvalue weighted by Crippen LogP contribution is 2.17. The van der Waals surface area contributed by atoms with Crippen molar-refractivity contribution in [2.45, 2.75) is 12.5 Å². The van der Waals surface area contributed by atoms with Crippen LogP contribution in [0.4, 0.5) is 5.82 Å². The molecule has 2 rings (SSSR count). The maximum absolute atomic E-state index is 11.3. The highest BCUT2D eigenvalue weighted by atomic mass is 79.9. The van der Waals surface area contributed by atoms with Crippen LogP contribution in [0.2, 0.25) is 0 Å². The van der Waals surface area contributed by atoms with Crippen LogP contribution in [0.3, 0.4) is 0 Å². The van der Waals surface area contributed by atoms with Gasteiger partial charge in [-0.05, 0) is 35.9 Å². The molecule has 1 aliphatic rings. The lowest BCUT2D eigenvalue weighted by atomic mass is 10.2. The summed E-state index contributed by atoms with van der Waals surface area (Å²) in [6.07, 6.45) is 2.49. The highest BCUT2D eigenvalue weighted by molar-refractivity contribution is 9.10. The third-order valence-corrected chi connectivity index (χ3v) is 3.26. The normalized spacial score (nSPS) is 21.9. The fourth-order valence-corrected chi connectivity index (χ4v) is 2.06. The number of anilines is 1. The van der Waals surface area contributed by atoms with E-state index < -0.39 is 0 Å². The number of aromatic nitrogens is 2. The van der Waals surface area contributed by atoms with Crippen molar-refractivity contribution in [3.63, 3.8) is 0 Å². The number of rotatable bonds is 2. The summed E-state index contributed by atoms with van der Waals surface area (Å²) >= 11 is 3.22. The van der Waals surface area contributed by atoms with Crippen molar-refractivity contribution < 1.29 is 0 Å². The fourth-order valence-electron chi connectivity index (χ4n) is 1.73. The van der Waals surface area contributed by atoms with E-state index in [0.717, 1.165) is 19.5 Å². The number of H-pyrrole nitrogens is 1. The van der Waals surface area contributed by atoms with E-state index in [-0.39, 0.29) is 5.56 Å². The Balaban J connectivity index is 2.11. The largest absolute Gasteiger partial charge is 0.365 e. The van der Waals surface area contributed by atoms with E-state index in [4.69, 9.17) is 0 Å². The predicted molar refractivity (Wildman–Crippen MR) is 62.1 cm³/mol. The van der Waals surface area contributed by atoms with Gasteiger partial charge in [0.1, 0.15) is 10.3 Å². The number of nitrogens with one attached hydrogen (secondary N) is 2. The lowest BCUT2D eigenvalue weighted by Crippen LogP contribution is -2.25. The third-order valence-electron chi connectivity index (χ3n) is 2.53. The molecule has 0 amide bonds. The van der Waals surface area contributed by atoms with Crippen LogP contribution in [-0.2, 0) is 0 Å². The van der Waals surface area contributed by atoms with Crippen molar-refractivity contribution in [1.29, 1.82) is 0 Å². The van der Waals surface area contributed by atoms with Crippen molar-refractivity contribution in [2.24, 2.45) is 0 Å². The zero-order chi connectivity index (χ0) is 10.8. The van der Waals surface area contributed by atoms with Crippen LogP contribution in [0.25, 0.3) is 0 Å². The first-order valence-electron chi connectivity index (χ1n) is 4.85. The Morgan fingerprint density at radius 3 is 3.20 bits per heavy atom. The molecule has 1 unspecified atom stereocenters. The molecule has 1 saturated heterocycles. The molecule has 0 aromatic carbocycles. The molecule has 1 aliphatic heterocycles. The van der Waals surface area contributed by atoms with Gasteiger partial charge in [0.2, 0.25) is 0 Å². The van der Waals surface area contributed by atoms with E-state index >= 15 is 0 Å². The number of likely N-dealkylation sites (N-methyl/N-ethyl adjacent to an activating group) is 1. The summed E-state index contributed by atoms with van der Waals surface area (Å²) in [5, 5.41) is 3.26. The lowest BCUT2D eigenvalue weighted by molar-refractivity contribution is 0.414. The average Bonchev–Trinajstić information content (AvgIpc) is 2.59. The fraction of sp³-hybridized carbons (Fsp3) is 0.556. The Bertz CT molecular complexity index is 405. The quantitative estimate of drug-likeness (QED) is 0.830. The van der Waals surface area contributed by atoms with Crippen LogP contribution < -0.4 is 10.9 Å². The van der Waals surface area contributed by atoms with Gasteiger partial charge < -0.3 is 15.2 Å². The van der Waals surface area contributed by atoms with Gasteiger partial charge in [0.15, 0.2) is 0 Å². The molecule has 15 heavy (non-hydrogen) atoms. The van der Waals surface area contributed by atoms with E-state index in [1.165, 1.54) is 6.33 Å². The first kappa shape index (κ1) is 10.6. The topological polar surface area (TPSA) is 61.0 Å². The maximum atomic E-state index is 11.3. The predicted octanol–water partition coefficient (Wildman–Crippen LogP) is 0.648. The van der Waals surface area contributed by atoms with E-state index in [1.807, 2.05) is 0 Å². The minimum Gasteiger partial charge on any atom is -0.365 e. The number of aromatic amines is 1. The second-order valence-corrected chi connectivity index (χ2v) is 4.58. The summed E-state index contributed by atoms with van der Waals surface area (Å²) in [7, 11) is 2.09. The Morgan fingerprint density at radius 1 is 1.73 bits per heavy atom. The van der Waals surface area contributed by atoms with Gasteiger partial charge in [-0.15, -0.1) is 0 Å². The van der Waals surface area contributed by atoms with Crippen molar-refractivity contribution in [3.05, 3.63) is 21.2 Å². The zero-order valence-corrected chi connectivity index (χ0v) is 10.0. The Morgan fingerprint density at radius 2 is 2.53 bits per heavy atom. The molecule has 2 heterocycles. The van der Waals surface area contributed by atoms with E-state index in [9.17, 15) is 4.79 Å². The van der Waals surface area contributed by atoms with Crippen LogP contribution in [0.1, 0.15) is 6.42 Å². The monoisotopic (exact) mass is 272 g/mol. The SMILES string of the molecule is CN1CCC(Nc2nc[nH]c(=O)c2Br)C1. The van der Waals surface area contributed by atoms with E-state index in [1.54, 1.807) is 0 Å². The molecule has 1 atom stereocenters. The van der Waals surface area contributed by atoms with Gasteiger partial charge in [0.05, 0.1) is 6.33 Å². The first-order chi connectivity index (χ1) is 7.16. The summed E-state index contributed by atoms with van der Waals surface area (Å²) in [4.78, 5) is 20.1. The minimum absolute atomic E-state index is 0.154. The molecule has 82 valence electrons. The van der Waals surface area contributed by atoms with Gasteiger partial charge in [-0.25, -0.2) is 4.98 Å². The lowest BCUT2D eigenvalue weighted by Gasteiger charge is -2.13. The summed E-state index contributed by atoms with van der Waals surface area (Å²) in [5.74, 6) is 0.624. The van der Waals surface area contributed by atoms with Crippen molar-refractivity contribution in [2.75, 3.05) is 25.5 Å². The minimum atomic E-state index is -0.154. The molecule has 6 heteroatoms. The molecule has 0 spiro atoms. The van der Waals surface area contributed by atoms with Gasteiger partial charge >= 0.3 is 0 Å². The Labute approximate surface area is 96.0 Å². The molecule has 2 N–H and O–H groups in total.